The lowest BCUT2D eigenvalue weighted by atomic mass is 10.2. The Hall–Kier alpha value is -2.04. The van der Waals surface area contributed by atoms with Crippen molar-refractivity contribution in [3.63, 3.8) is 0 Å². The van der Waals surface area contributed by atoms with Crippen LogP contribution in [0.4, 0.5) is 10.5 Å². The van der Waals surface area contributed by atoms with Crippen LogP contribution < -0.4 is 10.6 Å². The fraction of sp³-hybridized carbons (Fsp3) is 0.467. The Bertz CT molecular complexity index is 460. The molecule has 1 aromatic carbocycles. The molecule has 0 saturated carbocycles. The minimum atomic E-state index is -0.167. The van der Waals surface area contributed by atoms with Gasteiger partial charge in [-0.3, -0.25) is 4.79 Å². The number of carbonyl (C=O) groups excluding carboxylic acids is 2. The number of rotatable bonds is 6. The van der Waals surface area contributed by atoms with Crippen LogP contribution in [-0.4, -0.2) is 37.0 Å². The highest BCUT2D eigenvalue weighted by atomic mass is 16.2. The Morgan fingerprint density at radius 1 is 1.25 bits per heavy atom. The summed E-state index contributed by atoms with van der Waals surface area (Å²) in [4.78, 5) is 25.4. The Balaban J connectivity index is 2.71. The second-order valence-electron chi connectivity index (χ2n) is 4.52. The zero-order valence-electron chi connectivity index (χ0n) is 12.4. The van der Waals surface area contributed by atoms with Gasteiger partial charge >= 0.3 is 6.03 Å². The van der Waals surface area contributed by atoms with Gasteiger partial charge in [-0.05, 0) is 31.5 Å². The van der Waals surface area contributed by atoms with Gasteiger partial charge in [0.05, 0.1) is 0 Å². The van der Waals surface area contributed by atoms with Crippen molar-refractivity contribution in [3.8, 4) is 0 Å². The van der Waals surface area contributed by atoms with Crippen molar-refractivity contribution in [3.05, 3.63) is 29.8 Å². The average molecular weight is 277 g/mol. The lowest BCUT2D eigenvalue weighted by molar-refractivity contribution is 0.0963. The molecular weight excluding hydrogens is 254 g/mol. The summed E-state index contributed by atoms with van der Waals surface area (Å²) >= 11 is 0. The quantitative estimate of drug-likeness (QED) is 0.839. The normalized spacial score (nSPS) is 9.95. The van der Waals surface area contributed by atoms with Crippen LogP contribution in [0.3, 0.4) is 0 Å². The van der Waals surface area contributed by atoms with E-state index < -0.39 is 0 Å². The van der Waals surface area contributed by atoms with Crippen LogP contribution in [0.2, 0.25) is 0 Å². The van der Waals surface area contributed by atoms with E-state index in [1.807, 2.05) is 6.92 Å². The first kappa shape index (κ1) is 16.0. The van der Waals surface area contributed by atoms with Gasteiger partial charge in [-0.25, -0.2) is 4.79 Å². The third-order valence-electron chi connectivity index (χ3n) is 3.05. The number of carbonyl (C=O) groups is 2. The van der Waals surface area contributed by atoms with Gasteiger partial charge in [-0.15, -0.1) is 0 Å². The molecule has 0 aliphatic carbocycles. The maximum atomic E-state index is 12.1. The summed E-state index contributed by atoms with van der Waals surface area (Å²) < 4.78 is 0. The average Bonchev–Trinajstić information content (AvgIpc) is 2.47. The molecule has 0 aliphatic heterocycles. The number of unbranched alkanes of at least 4 members (excludes halogenated alkanes) is 1. The number of anilines is 1. The third kappa shape index (κ3) is 4.57. The molecule has 3 amide bonds. The molecule has 0 atom stereocenters. The van der Waals surface area contributed by atoms with E-state index in [2.05, 4.69) is 17.6 Å². The molecule has 0 bridgehead atoms. The highest BCUT2D eigenvalue weighted by Crippen LogP contribution is 2.11. The molecule has 0 aromatic heterocycles. The predicted molar refractivity (Wildman–Crippen MR) is 81.0 cm³/mol. The van der Waals surface area contributed by atoms with Crippen LogP contribution in [0.15, 0.2) is 24.3 Å². The smallest absolute Gasteiger partial charge is 0.321 e. The summed E-state index contributed by atoms with van der Waals surface area (Å²) in [7, 11) is 1.58. The lowest BCUT2D eigenvalue weighted by Crippen LogP contribution is -2.35. The highest BCUT2D eigenvalue weighted by molar-refractivity contribution is 5.96. The largest absolute Gasteiger partial charge is 0.355 e. The molecule has 0 heterocycles. The summed E-state index contributed by atoms with van der Waals surface area (Å²) in [6.07, 6.45) is 2.04. The van der Waals surface area contributed by atoms with Crippen LogP contribution in [0.25, 0.3) is 0 Å². The summed E-state index contributed by atoms with van der Waals surface area (Å²) in [6.45, 7) is 5.46. The van der Waals surface area contributed by atoms with Crippen molar-refractivity contribution in [2.75, 3.05) is 25.5 Å². The first-order valence-electron chi connectivity index (χ1n) is 7.00. The molecule has 1 aromatic rings. The number of benzene rings is 1. The summed E-state index contributed by atoms with van der Waals surface area (Å²) in [6, 6.07) is 6.78. The SMILES string of the molecule is CCCCN(CC)C(=O)Nc1cccc(C(=O)NC)c1. The second-order valence-corrected chi connectivity index (χ2v) is 4.52. The molecule has 5 heteroatoms. The maximum absolute atomic E-state index is 12.1. The molecule has 110 valence electrons. The minimum Gasteiger partial charge on any atom is -0.355 e. The van der Waals surface area contributed by atoms with E-state index in [1.165, 1.54) is 0 Å². The molecule has 5 nitrogen and oxygen atoms in total. The zero-order chi connectivity index (χ0) is 15.0. The Kier molecular flexibility index (Phi) is 6.56. The van der Waals surface area contributed by atoms with Crippen molar-refractivity contribution in [2.45, 2.75) is 26.7 Å². The van der Waals surface area contributed by atoms with Gasteiger partial charge in [0.25, 0.3) is 5.91 Å². The predicted octanol–water partition coefficient (Wildman–Crippen LogP) is 2.70. The second kappa shape index (κ2) is 8.19. The molecule has 0 fully saturated rings. The van der Waals surface area contributed by atoms with Crippen molar-refractivity contribution in [1.29, 1.82) is 0 Å². The molecule has 0 aliphatic rings. The van der Waals surface area contributed by atoms with Crippen molar-refractivity contribution < 1.29 is 9.59 Å². The maximum Gasteiger partial charge on any atom is 0.321 e. The minimum absolute atomic E-state index is 0.130. The fourth-order valence-corrected chi connectivity index (χ4v) is 1.84. The van der Waals surface area contributed by atoms with Crippen molar-refractivity contribution in [1.82, 2.24) is 10.2 Å². The Labute approximate surface area is 120 Å². The van der Waals surface area contributed by atoms with E-state index in [4.69, 9.17) is 0 Å². The first-order chi connectivity index (χ1) is 9.62. The molecule has 0 radical (unpaired) electrons. The molecule has 20 heavy (non-hydrogen) atoms. The molecule has 0 unspecified atom stereocenters. The van der Waals surface area contributed by atoms with Crippen LogP contribution in [0.1, 0.15) is 37.0 Å². The van der Waals surface area contributed by atoms with Crippen LogP contribution in [-0.2, 0) is 0 Å². The van der Waals surface area contributed by atoms with Gasteiger partial charge in [0.15, 0.2) is 0 Å². The van der Waals surface area contributed by atoms with Gasteiger partial charge in [0.1, 0.15) is 0 Å². The van der Waals surface area contributed by atoms with Crippen molar-refractivity contribution in [2.24, 2.45) is 0 Å². The third-order valence-corrected chi connectivity index (χ3v) is 3.05. The first-order valence-corrected chi connectivity index (χ1v) is 7.00. The summed E-state index contributed by atoms with van der Waals surface area (Å²) in [5.74, 6) is -0.167. The van der Waals surface area contributed by atoms with Gasteiger partial charge in [0, 0.05) is 31.4 Å². The zero-order valence-corrected chi connectivity index (χ0v) is 12.4. The van der Waals surface area contributed by atoms with Crippen LogP contribution in [0.5, 0.6) is 0 Å². The van der Waals surface area contributed by atoms with E-state index in [9.17, 15) is 9.59 Å². The van der Waals surface area contributed by atoms with E-state index >= 15 is 0 Å². The van der Waals surface area contributed by atoms with Crippen LogP contribution in [0, 0.1) is 0 Å². The Morgan fingerprint density at radius 2 is 2.00 bits per heavy atom. The van der Waals surface area contributed by atoms with E-state index in [1.54, 1.807) is 36.2 Å². The molecule has 0 saturated heterocycles. The molecule has 2 N–H and O–H groups in total. The molecule has 0 spiro atoms. The van der Waals surface area contributed by atoms with E-state index in [0.29, 0.717) is 17.8 Å². The number of nitrogens with one attached hydrogen (secondary N) is 2. The van der Waals surface area contributed by atoms with E-state index in [-0.39, 0.29) is 11.9 Å². The Morgan fingerprint density at radius 3 is 2.60 bits per heavy atom. The van der Waals surface area contributed by atoms with Crippen molar-refractivity contribution >= 4 is 17.6 Å². The molecule has 1 rings (SSSR count). The standard InChI is InChI=1S/C15H23N3O2/c1-4-6-10-18(5-2)15(20)17-13-9-7-8-12(11-13)14(19)16-3/h7-9,11H,4-6,10H2,1-3H3,(H,16,19)(H,17,20). The topological polar surface area (TPSA) is 61.4 Å². The number of amides is 3. The monoisotopic (exact) mass is 277 g/mol. The molecular formula is C15H23N3O2. The van der Waals surface area contributed by atoms with Gasteiger partial charge in [-0.2, -0.15) is 0 Å². The number of hydrogen-bond donors (Lipinski definition) is 2. The number of urea groups is 1. The van der Waals surface area contributed by atoms with E-state index in [0.717, 1.165) is 19.4 Å². The highest BCUT2D eigenvalue weighted by Gasteiger charge is 2.11. The number of hydrogen-bond acceptors (Lipinski definition) is 2. The lowest BCUT2D eigenvalue weighted by Gasteiger charge is -2.21. The van der Waals surface area contributed by atoms with Gasteiger partial charge in [0.2, 0.25) is 0 Å². The summed E-state index contributed by atoms with van der Waals surface area (Å²) in [5, 5.41) is 5.39. The van der Waals surface area contributed by atoms with Gasteiger partial charge in [-0.1, -0.05) is 19.4 Å². The number of nitrogens with zero attached hydrogens (tertiary/aromatic N) is 1. The van der Waals surface area contributed by atoms with Crippen LogP contribution >= 0.6 is 0 Å². The summed E-state index contributed by atoms with van der Waals surface area (Å²) in [5.41, 5.74) is 1.16. The fourth-order valence-electron chi connectivity index (χ4n) is 1.84. The van der Waals surface area contributed by atoms with Gasteiger partial charge < -0.3 is 15.5 Å².